The maximum absolute atomic E-state index is 12.1. The Morgan fingerprint density at radius 3 is 2.83 bits per heavy atom. The molecule has 0 aliphatic rings. The highest BCUT2D eigenvalue weighted by atomic mass is 32.1. The first-order valence-corrected chi connectivity index (χ1v) is 9.72. The summed E-state index contributed by atoms with van der Waals surface area (Å²) in [6.07, 6.45) is 3.51. The van der Waals surface area contributed by atoms with Crippen LogP contribution in [0.3, 0.4) is 0 Å². The quantitative estimate of drug-likeness (QED) is 0.500. The highest BCUT2D eigenvalue weighted by Crippen LogP contribution is 2.26. The lowest BCUT2D eigenvalue weighted by molar-refractivity contribution is 0.0941. The van der Waals surface area contributed by atoms with Crippen LogP contribution in [0.4, 0.5) is 11.6 Å². The first-order chi connectivity index (χ1) is 14.1. The van der Waals surface area contributed by atoms with Gasteiger partial charge in [-0.1, -0.05) is 11.2 Å². The van der Waals surface area contributed by atoms with Crippen LogP contribution in [0.1, 0.15) is 26.8 Å². The molecule has 0 saturated heterocycles. The van der Waals surface area contributed by atoms with Crippen molar-refractivity contribution in [2.24, 2.45) is 0 Å². The molecule has 4 aromatic heterocycles. The Balaban J connectivity index is 1.43. The average Bonchev–Trinajstić information content (AvgIpc) is 3.36. The minimum Gasteiger partial charge on any atom is -0.361 e. The summed E-state index contributed by atoms with van der Waals surface area (Å²) in [5, 5.41) is 10.5. The normalized spacial score (nSPS) is 10.7. The summed E-state index contributed by atoms with van der Waals surface area (Å²) in [5.74, 6) is 1.73. The average molecular weight is 406 g/mol. The SMILES string of the molecule is Cc1ccnc(Nc2cccc(-c3cnc(CNC(=O)c4cc(C)on4)s3)n2)c1. The molecule has 0 radical (unpaired) electrons. The van der Waals surface area contributed by atoms with Gasteiger partial charge in [0.2, 0.25) is 0 Å². The molecule has 0 spiro atoms. The number of hydrogen-bond acceptors (Lipinski definition) is 8. The molecule has 0 fully saturated rings. The minimum absolute atomic E-state index is 0.254. The van der Waals surface area contributed by atoms with E-state index in [2.05, 4.69) is 30.7 Å². The number of nitrogens with one attached hydrogen (secondary N) is 2. The molecule has 0 bridgehead atoms. The molecule has 4 aromatic rings. The summed E-state index contributed by atoms with van der Waals surface area (Å²) in [6.45, 7) is 4.06. The Kier molecular flexibility index (Phi) is 5.30. The third-order valence-corrected chi connectivity index (χ3v) is 5.01. The van der Waals surface area contributed by atoms with Crippen molar-refractivity contribution < 1.29 is 9.32 Å². The summed E-state index contributed by atoms with van der Waals surface area (Å²) in [4.78, 5) is 26.3. The van der Waals surface area contributed by atoms with Gasteiger partial charge in [-0.15, -0.1) is 11.3 Å². The van der Waals surface area contributed by atoms with Crippen molar-refractivity contribution in [2.75, 3.05) is 5.32 Å². The number of rotatable bonds is 6. The minimum atomic E-state index is -0.298. The highest BCUT2D eigenvalue weighted by Gasteiger charge is 2.12. The van der Waals surface area contributed by atoms with Crippen LogP contribution < -0.4 is 10.6 Å². The molecule has 1 amide bonds. The van der Waals surface area contributed by atoms with Crippen molar-refractivity contribution >= 4 is 28.9 Å². The van der Waals surface area contributed by atoms with Crippen molar-refractivity contribution in [2.45, 2.75) is 20.4 Å². The van der Waals surface area contributed by atoms with Gasteiger partial charge in [0.05, 0.1) is 17.1 Å². The third-order valence-electron chi connectivity index (χ3n) is 3.99. The maximum Gasteiger partial charge on any atom is 0.273 e. The van der Waals surface area contributed by atoms with Gasteiger partial charge in [-0.25, -0.2) is 15.0 Å². The standard InChI is InChI=1S/C20H18N6O2S/c1-12-6-7-21-18(8-12)25-17-5-3-4-14(24-17)16-10-22-19(29-16)11-23-20(27)15-9-13(2)28-26-15/h3-10H,11H2,1-2H3,(H,23,27)(H,21,24,25). The number of hydrogen-bond donors (Lipinski definition) is 2. The van der Waals surface area contributed by atoms with E-state index < -0.39 is 0 Å². The Morgan fingerprint density at radius 2 is 2.03 bits per heavy atom. The molecule has 2 N–H and O–H groups in total. The number of carbonyl (C=O) groups is 1. The topological polar surface area (TPSA) is 106 Å². The summed E-state index contributed by atoms with van der Waals surface area (Å²) < 4.78 is 4.92. The van der Waals surface area contributed by atoms with Crippen molar-refractivity contribution in [1.29, 1.82) is 0 Å². The Labute approximate surface area is 171 Å². The van der Waals surface area contributed by atoms with Crippen molar-refractivity contribution in [3.05, 3.63) is 70.8 Å². The van der Waals surface area contributed by atoms with Gasteiger partial charge in [0.1, 0.15) is 22.4 Å². The summed E-state index contributed by atoms with van der Waals surface area (Å²) in [6, 6.07) is 11.2. The zero-order chi connectivity index (χ0) is 20.2. The molecule has 0 atom stereocenters. The summed E-state index contributed by atoms with van der Waals surface area (Å²) in [7, 11) is 0. The predicted molar refractivity (Wildman–Crippen MR) is 110 cm³/mol. The molecule has 0 aromatic carbocycles. The molecule has 29 heavy (non-hydrogen) atoms. The van der Waals surface area contributed by atoms with Crippen LogP contribution in [0.2, 0.25) is 0 Å². The van der Waals surface area contributed by atoms with Gasteiger partial charge in [0.15, 0.2) is 5.69 Å². The van der Waals surface area contributed by atoms with E-state index in [0.717, 1.165) is 27.0 Å². The molecular weight excluding hydrogens is 388 g/mol. The fourth-order valence-corrected chi connectivity index (χ4v) is 3.43. The lowest BCUT2D eigenvalue weighted by Crippen LogP contribution is -2.22. The maximum atomic E-state index is 12.1. The second kappa shape index (κ2) is 8.19. The monoisotopic (exact) mass is 406 g/mol. The molecule has 0 unspecified atom stereocenters. The van der Waals surface area contributed by atoms with Crippen LogP contribution in [-0.2, 0) is 6.54 Å². The van der Waals surface area contributed by atoms with E-state index in [-0.39, 0.29) is 11.6 Å². The number of thiazole rings is 1. The van der Waals surface area contributed by atoms with E-state index in [9.17, 15) is 4.79 Å². The van der Waals surface area contributed by atoms with Crippen LogP contribution >= 0.6 is 11.3 Å². The number of nitrogens with zero attached hydrogens (tertiary/aromatic N) is 4. The molecular formula is C20H18N6O2S. The van der Waals surface area contributed by atoms with E-state index in [1.807, 2.05) is 37.3 Å². The van der Waals surface area contributed by atoms with Crippen LogP contribution in [0.15, 0.2) is 53.3 Å². The molecule has 0 aliphatic carbocycles. The number of aromatic nitrogens is 4. The number of pyridine rings is 2. The highest BCUT2D eigenvalue weighted by molar-refractivity contribution is 7.15. The molecule has 0 aliphatic heterocycles. The van der Waals surface area contributed by atoms with Crippen LogP contribution in [0.5, 0.6) is 0 Å². The van der Waals surface area contributed by atoms with E-state index in [0.29, 0.717) is 18.1 Å². The zero-order valence-corrected chi connectivity index (χ0v) is 16.7. The molecule has 4 heterocycles. The van der Waals surface area contributed by atoms with Gasteiger partial charge >= 0.3 is 0 Å². The number of amides is 1. The lowest BCUT2D eigenvalue weighted by Gasteiger charge is -2.06. The molecule has 0 saturated carbocycles. The Morgan fingerprint density at radius 1 is 1.14 bits per heavy atom. The van der Waals surface area contributed by atoms with Gasteiger partial charge < -0.3 is 15.2 Å². The fourth-order valence-electron chi connectivity index (χ4n) is 2.61. The van der Waals surface area contributed by atoms with Crippen LogP contribution in [0.25, 0.3) is 10.6 Å². The zero-order valence-electron chi connectivity index (χ0n) is 15.8. The Hall–Kier alpha value is -3.59. The first-order valence-electron chi connectivity index (χ1n) is 8.90. The van der Waals surface area contributed by atoms with E-state index >= 15 is 0 Å². The van der Waals surface area contributed by atoms with Crippen molar-refractivity contribution in [3.63, 3.8) is 0 Å². The largest absolute Gasteiger partial charge is 0.361 e. The van der Waals surface area contributed by atoms with Crippen molar-refractivity contribution in [1.82, 2.24) is 25.4 Å². The van der Waals surface area contributed by atoms with E-state index in [1.165, 1.54) is 11.3 Å². The van der Waals surface area contributed by atoms with Gasteiger partial charge in [-0.3, -0.25) is 4.79 Å². The number of carbonyl (C=O) groups excluding carboxylic acids is 1. The first kappa shape index (κ1) is 18.8. The van der Waals surface area contributed by atoms with E-state index in [4.69, 9.17) is 4.52 Å². The molecule has 146 valence electrons. The summed E-state index contributed by atoms with van der Waals surface area (Å²) >= 11 is 1.47. The molecule has 9 heteroatoms. The van der Waals surface area contributed by atoms with Crippen LogP contribution in [-0.4, -0.2) is 26.0 Å². The molecule has 4 rings (SSSR count). The van der Waals surface area contributed by atoms with Gasteiger partial charge in [0.25, 0.3) is 5.91 Å². The number of anilines is 2. The second-order valence-electron chi connectivity index (χ2n) is 6.38. The predicted octanol–water partition coefficient (Wildman–Crippen LogP) is 3.88. The fraction of sp³-hybridized carbons (Fsp3) is 0.150. The number of aryl methyl sites for hydroxylation is 2. The van der Waals surface area contributed by atoms with Gasteiger partial charge in [-0.05, 0) is 43.7 Å². The van der Waals surface area contributed by atoms with Crippen molar-refractivity contribution in [3.8, 4) is 10.6 Å². The van der Waals surface area contributed by atoms with Gasteiger partial charge in [0, 0.05) is 18.5 Å². The summed E-state index contributed by atoms with van der Waals surface area (Å²) in [5.41, 5.74) is 2.17. The second-order valence-corrected chi connectivity index (χ2v) is 7.49. The smallest absolute Gasteiger partial charge is 0.273 e. The van der Waals surface area contributed by atoms with E-state index in [1.54, 1.807) is 25.4 Å². The lowest BCUT2D eigenvalue weighted by atomic mass is 10.3. The third kappa shape index (κ3) is 4.64. The van der Waals surface area contributed by atoms with Gasteiger partial charge in [-0.2, -0.15) is 0 Å². The molecule has 8 nitrogen and oxygen atoms in total. The Bertz CT molecular complexity index is 1150. The van der Waals surface area contributed by atoms with Crippen LogP contribution in [0, 0.1) is 13.8 Å².